The van der Waals surface area contributed by atoms with E-state index in [9.17, 15) is 13.2 Å². The van der Waals surface area contributed by atoms with Gasteiger partial charge in [-0.15, -0.1) is 0 Å². The minimum atomic E-state index is -3.57. The normalized spacial score (nSPS) is 11.4. The zero-order valence-corrected chi connectivity index (χ0v) is 19.9. The van der Waals surface area contributed by atoms with Crippen LogP contribution in [0.4, 0.5) is 0 Å². The summed E-state index contributed by atoms with van der Waals surface area (Å²) in [5, 5.41) is 4.80. The summed E-state index contributed by atoms with van der Waals surface area (Å²) in [5.74, 6) is -0.209. The van der Waals surface area contributed by atoms with Gasteiger partial charge in [0.15, 0.2) is 0 Å². The highest BCUT2D eigenvalue weighted by Crippen LogP contribution is 2.25. The van der Waals surface area contributed by atoms with Gasteiger partial charge < -0.3 is 4.90 Å². The van der Waals surface area contributed by atoms with E-state index in [4.69, 9.17) is 5.10 Å². The number of para-hydroxylation sites is 1. The lowest BCUT2D eigenvalue weighted by Crippen LogP contribution is -2.26. The standard InChI is InChI=1S/C26H26N4O3S/c1-3-27-34(32,33)24-16-14-21(15-17-24)26(31)29(2)18-22-19-30(23-12-8-5-9-13-23)28-25(22)20-10-6-4-7-11-20/h4-17,19,27H,3,18H2,1-2H3. The molecule has 0 radical (unpaired) electrons. The number of nitrogens with one attached hydrogen (secondary N) is 1. The molecule has 0 aliphatic carbocycles. The molecule has 0 bridgehead atoms. The second-order valence-corrected chi connectivity index (χ2v) is 9.60. The first-order chi connectivity index (χ1) is 16.4. The van der Waals surface area contributed by atoms with E-state index >= 15 is 0 Å². The molecule has 0 unspecified atom stereocenters. The van der Waals surface area contributed by atoms with Crippen molar-refractivity contribution in [3.05, 3.63) is 102 Å². The molecule has 8 heteroatoms. The molecule has 4 rings (SSSR count). The number of carbonyl (C=O) groups is 1. The van der Waals surface area contributed by atoms with Crippen molar-refractivity contribution in [2.45, 2.75) is 18.4 Å². The second-order valence-electron chi connectivity index (χ2n) is 7.84. The number of aromatic nitrogens is 2. The van der Waals surface area contributed by atoms with Crippen LogP contribution in [0.5, 0.6) is 0 Å². The molecule has 0 fully saturated rings. The summed E-state index contributed by atoms with van der Waals surface area (Å²) < 4.78 is 28.6. The van der Waals surface area contributed by atoms with E-state index in [2.05, 4.69) is 4.72 Å². The summed E-state index contributed by atoms with van der Waals surface area (Å²) in [6.07, 6.45) is 1.94. The van der Waals surface area contributed by atoms with E-state index in [0.717, 1.165) is 22.5 Å². The fraction of sp³-hybridized carbons (Fsp3) is 0.154. The van der Waals surface area contributed by atoms with Gasteiger partial charge >= 0.3 is 0 Å². The van der Waals surface area contributed by atoms with Gasteiger partial charge in [0.1, 0.15) is 0 Å². The Kier molecular flexibility index (Phi) is 6.90. The number of hydrogen-bond acceptors (Lipinski definition) is 4. The van der Waals surface area contributed by atoms with Crippen LogP contribution in [0.15, 0.2) is 96.0 Å². The van der Waals surface area contributed by atoms with Crippen molar-refractivity contribution >= 4 is 15.9 Å². The Morgan fingerprint density at radius 1 is 0.941 bits per heavy atom. The van der Waals surface area contributed by atoms with Gasteiger partial charge in [0.05, 0.1) is 16.3 Å². The van der Waals surface area contributed by atoms with Crippen LogP contribution in [0.1, 0.15) is 22.8 Å². The monoisotopic (exact) mass is 474 g/mol. The first kappa shape index (κ1) is 23.4. The minimum absolute atomic E-state index is 0.129. The molecule has 34 heavy (non-hydrogen) atoms. The topological polar surface area (TPSA) is 84.3 Å². The molecule has 1 heterocycles. The molecule has 1 amide bonds. The maximum Gasteiger partial charge on any atom is 0.253 e. The predicted molar refractivity (Wildman–Crippen MR) is 132 cm³/mol. The average molecular weight is 475 g/mol. The summed E-state index contributed by atoms with van der Waals surface area (Å²) in [7, 11) is -1.84. The van der Waals surface area contributed by atoms with Gasteiger partial charge in [0, 0.05) is 43.0 Å². The quantitative estimate of drug-likeness (QED) is 0.417. The van der Waals surface area contributed by atoms with E-state index in [0.29, 0.717) is 18.7 Å². The third-order valence-corrected chi connectivity index (χ3v) is 6.92. The number of nitrogens with zero attached hydrogens (tertiary/aromatic N) is 3. The molecular formula is C26H26N4O3S. The van der Waals surface area contributed by atoms with Crippen molar-refractivity contribution < 1.29 is 13.2 Å². The van der Waals surface area contributed by atoms with Crippen molar-refractivity contribution in [1.29, 1.82) is 0 Å². The van der Waals surface area contributed by atoms with E-state index in [1.54, 1.807) is 18.9 Å². The lowest BCUT2D eigenvalue weighted by molar-refractivity contribution is 0.0785. The van der Waals surface area contributed by atoms with Crippen LogP contribution < -0.4 is 4.72 Å². The van der Waals surface area contributed by atoms with E-state index in [1.165, 1.54) is 24.3 Å². The van der Waals surface area contributed by atoms with E-state index in [-0.39, 0.29) is 10.8 Å². The number of carbonyl (C=O) groups excluding carboxylic acids is 1. The molecule has 4 aromatic rings. The largest absolute Gasteiger partial charge is 0.337 e. The van der Waals surface area contributed by atoms with Crippen LogP contribution >= 0.6 is 0 Å². The Morgan fingerprint density at radius 2 is 1.56 bits per heavy atom. The van der Waals surface area contributed by atoms with E-state index in [1.807, 2.05) is 71.5 Å². The Labute approximate surface area is 199 Å². The van der Waals surface area contributed by atoms with Crippen molar-refractivity contribution in [1.82, 2.24) is 19.4 Å². The zero-order valence-electron chi connectivity index (χ0n) is 19.0. The van der Waals surface area contributed by atoms with Gasteiger partial charge in [-0.3, -0.25) is 4.79 Å². The molecule has 1 N–H and O–H groups in total. The molecule has 3 aromatic carbocycles. The van der Waals surface area contributed by atoms with Crippen LogP contribution in [0.3, 0.4) is 0 Å². The molecule has 7 nitrogen and oxygen atoms in total. The molecule has 0 saturated heterocycles. The summed E-state index contributed by atoms with van der Waals surface area (Å²) in [5.41, 5.74) is 4.01. The van der Waals surface area contributed by atoms with Crippen molar-refractivity contribution in [3.63, 3.8) is 0 Å². The summed E-state index contributed by atoms with van der Waals surface area (Å²) in [4.78, 5) is 14.8. The summed E-state index contributed by atoms with van der Waals surface area (Å²) in [6, 6.07) is 25.6. The molecule has 174 valence electrons. The highest BCUT2D eigenvalue weighted by molar-refractivity contribution is 7.89. The SMILES string of the molecule is CCNS(=O)(=O)c1ccc(C(=O)N(C)Cc2cn(-c3ccccc3)nc2-c2ccccc2)cc1. The van der Waals surface area contributed by atoms with Crippen LogP contribution in [-0.2, 0) is 16.6 Å². The van der Waals surface area contributed by atoms with Gasteiger partial charge in [-0.25, -0.2) is 17.8 Å². The van der Waals surface area contributed by atoms with Crippen LogP contribution in [0.2, 0.25) is 0 Å². The van der Waals surface area contributed by atoms with Crippen LogP contribution in [-0.4, -0.2) is 42.6 Å². The molecule has 0 saturated carbocycles. The number of hydrogen-bond donors (Lipinski definition) is 1. The number of amides is 1. The summed E-state index contributed by atoms with van der Waals surface area (Å²) in [6.45, 7) is 2.35. The average Bonchev–Trinajstić information content (AvgIpc) is 3.28. The van der Waals surface area contributed by atoms with Gasteiger partial charge in [0.2, 0.25) is 10.0 Å². The third kappa shape index (κ3) is 5.08. The molecule has 0 spiro atoms. The molecular weight excluding hydrogens is 448 g/mol. The molecule has 1 aromatic heterocycles. The maximum atomic E-state index is 13.1. The summed E-state index contributed by atoms with van der Waals surface area (Å²) >= 11 is 0. The van der Waals surface area contributed by atoms with Gasteiger partial charge in [0.25, 0.3) is 5.91 Å². The first-order valence-corrected chi connectivity index (χ1v) is 12.4. The number of benzene rings is 3. The third-order valence-electron chi connectivity index (χ3n) is 5.36. The van der Waals surface area contributed by atoms with Gasteiger partial charge in [-0.05, 0) is 36.4 Å². The molecule has 0 atom stereocenters. The Balaban J connectivity index is 1.60. The zero-order chi connectivity index (χ0) is 24.1. The first-order valence-electron chi connectivity index (χ1n) is 10.9. The Bertz CT molecular complexity index is 1370. The number of sulfonamides is 1. The van der Waals surface area contributed by atoms with Gasteiger partial charge in [-0.1, -0.05) is 55.5 Å². The van der Waals surface area contributed by atoms with Crippen molar-refractivity contribution in [3.8, 4) is 16.9 Å². The fourth-order valence-corrected chi connectivity index (χ4v) is 4.72. The van der Waals surface area contributed by atoms with Crippen LogP contribution in [0, 0.1) is 0 Å². The minimum Gasteiger partial charge on any atom is -0.337 e. The molecule has 0 aliphatic rings. The van der Waals surface area contributed by atoms with Crippen molar-refractivity contribution in [2.75, 3.05) is 13.6 Å². The lowest BCUT2D eigenvalue weighted by atomic mass is 10.1. The molecule has 0 aliphatic heterocycles. The smallest absolute Gasteiger partial charge is 0.253 e. The highest BCUT2D eigenvalue weighted by Gasteiger charge is 2.19. The lowest BCUT2D eigenvalue weighted by Gasteiger charge is -2.17. The van der Waals surface area contributed by atoms with E-state index < -0.39 is 10.0 Å². The predicted octanol–water partition coefficient (Wildman–Crippen LogP) is 4.11. The maximum absolute atomic E-state index is 13.1. The Morgan fingerprint density at radius 3 is 2.18 bits per heavy atom. The second kappa shape index (κ2) is 10.0. The fourth-order valence-electron chi connectivity index (χ4n) is 3.68. The van der Waals surface area contributed by atoms with Crippen LogP contribution in [0.25, 0.3) is 16.9 Å². The highest BCUT2D eigenvalue weighted by atomic mass is 32.2. The number of rotatable bonds is 8. The van der Waals surface area contributed by atoms with Gasteiger partial charge in [-0.2, -0.15) is 5.10 Å². The Hall–Kier alpha value is -3.75. The van der Waals surface area contributed by atoms with Crippen molar-refractivity contribution in [2.24, 2.45) is 0 Å².